The molecular formula is C24H27N5O3. The molecule has 1 aromatic heterocycles. The third-order valence-electron chi connectivity index (χ3n) is 5.68. The number of nitrogens with zero attached hydrogens (tertiary/aromatic N) is 2. The Bertz CT molecular complexity index is 1010. The van der Waals surface area contributed by atoms with Gasteiger partial charge in [-0.05, 0) is 61.6 Å². The van der Waals surface area contributed by atoms with Crippen LogP contribution in [0.4, 0.5) is 11.5 Å². The Morgan fingerprint density at radius 2 is 1.84 bits per heavy atom. The number of hydrogen-bond acceptors (Lipinski definition) is 5. The number of aromatic nitrogens is 1. The molecule has 1 aliphatic heterocycles. The number of carbonyl (C=O) groups is 3. The Labute approximate surface area is 186 Å². The van der Waals surface area contributed by atoms with E-state index in [4.69, 9.17) is 5.73 Å². The van der Waals surface area contributed by atoms with Crippen LogP contribution in [-0.2, 0) is 9.59 Å². The SMILES string of the molecule is NC(=O)C1CCCN(c2ccc(NC(=O)/C=C/c3ccc(C(=O)NC4CC4)cc3)cn2)C1. The highest BCUT2D eigenvalue weighted by molar-refractivity contribution is 6.02. The van der Waals surface area contributed by atoms with Gasteiger partial charge in [-0.3, -0.25) is 14.4 Å². The quantitative estimate of drug-likeness (QED) is 0.580. The number of benzene rings is 1. The Morgan fingerprint density at radius 3 is 2.50 bits per heavy atom. The first-order valence-electron chi connectivity index (χ1n) is 10.9. The molecule has 3 amide bonds. The maximum atomic E-state index is 12.2. The number of amides is 3. The van der Waals surface area contributed by atoms with Gasteiger partial charge in [-0.2, -0.15) is 0 Å². The lowest BCUT2D eigenvalue weighted by atomic mass is 9.97. The van der Waals surface area contributed by atoms with E-state index < -0.39 is 0 Å². The maximum Gasteiger partial charge on any atom is 0.251 e. The van der Waals surface area contributed by atoms with Gasteiger partial charge in [0.1, 0.15) is 5.82 Å². The van der Waals surface area contributed by atoms with Crippen molar-refractivity contribution in [2.24, 2.45) is 11.7 Å². The highest BCUT2D eigenvalue weighted by Gasteiger charge is 2.25. The summed E-state index contributed by atoms with van der Waals surface area (Å²) in [6.07, 6.45) is 8.53. The second kappa shape index (κ2) is 9.64. The molecule has 166 valence electrons. The van der Waals surface area contributed by atoms with Crippen LogP contribution >= 0.6 is 0 Å². The molecular weight excluding hydrogens is 406 g/mol. The van der Waals surface area contributed by atoms with Gasteiger partial charge >= 0.3 is 0 Å². The van der Waals surface area contributed by atoms with E-state index >= 15 is 0 Å². The lowest BCUT2D eigenvalue weighted by Crippen LogP contribution is -2.41. The highest BCUT2D eigenvalue weighted by Crippen LogP contribution is 2.22. The van der Waals surface area contributed by atoms with Crippen LogP contribution in [0.1, 0.15) is 41.6 Å². The van der Waals surface area contributed by atoms with Crippen LogP contribution < -0.4 is 21.3 Å². The molecule has 2 heterocycles. The van der Waals surface area contributed by atoms with E-state index in [-0.39, 0.29) is 23.6 Å². The number of carbonyl (C=O) groups excluding carboxylic acids is 3. The number of nitrogens with two attached hydrogens (primary N) is 1. The van der Waals surface area contributed by atoms with Gasteiger partial charge in [0.25, 0.3) is 5.91 Å². The molecule has 1 unspecified atom stereocenters. The largest absolute Gasteiger partial charge is 0.369 e. The summed E-state index contributed by atoms with van der Waals surface area (Å²) >= 11 is 0. The molecule has 32 heavy (non-hydrogen) atoms. The van der Waals surface area contributed by atoms with E-state index in [0.29, 0.717) is 23.8 Å². The van der Waals surface area contributed by atoms with E-state index in [0.717, 1.165) is 43.6 Å². The predicted octanol–water partition coefficient (Wildman–Crippen LogP) is 2.33. The smallest absolute Gasteiger partial charge is 0.251 e. The molecule has 8 nitrogen and oxygen atoms in total. The second-order valence-corrected chi connectivity index (χ2v) is 8.28. The van der Waals surface area contributed by atoms with Crippen molar-refractivity contribution in [2.45, 2.75) is 31.7 Å². The second-order valence-electron chi connectivity index (χ2n) is 8.28. The number of nitrogens with one attached hydrogen (secondary N) is 2. The number of anilines is 2. The summed E-state index contributed by atoms with van der Waals surface area (Å²) in [7, 11) is 0. The van der Waals surface area contributed by atoms with Gasteiger partial charge in [-0.15, -0.1) is 0 Å². The maximum absolute atomic E-state index is 12.2. The van der Waals surface area contributed by atoms with Crippen LogP contribution in [0, 0.1) is 5.92 Å². The fourth-order valence-electron chi connectivity index (χ4n) is 3.66. The number of rotatable bonds is 7. The molecule has 0 spiro atoms. The molecule has 2 fully saturated rings. The molecule has 1 aliphatic carbocycles. The summed E-state index contributed by atoms with van der Waals surface area (Å²) in [5.41, 5.74) is 7.46. The fourth-order valence-corrected chi connectivity index (χ4v) is 3.66. The molecule has 4 rings (SSSR count). The minimum absolute atomic E-state index is 0.0635. The third kappa shape index (κ3) is 5.72. The minimum Gasteiger partial charge on any atom is -0.369 e. The van der Waals surface area contributed by atoms with Crippen molar-refractivity contribution in [1.82, 2.24) is 10.3 Å². The van der Waals surface area contributed by atoms with E-state index in [1.165, 1.54) is 6.08 Å². The monoisotopic (exact) mass is 433 g/mol. The zero-order valence-electron chi connectivity index (χ0n) is 17.8. The van der Waals surface area contributed by atoms with Crippen molar-refractivity contribution in [2.75, 3.05) is 23.3 Å². The van der Waals surface area contributed by atoms with E-state index in [1.54, 1.807) is 42.6 Å². The first kappa shape index (κ1) is 21.5. The third-order valence-corrected chi connectivity index (χ3v) is 5.68. The average molecular weight is 434 g/mol. The minimum atomic E-state index is -0.276. The van der Waals surface area contributed by atoms with Crippen LogP contribution in [-0.4, -0.2) is 41.8 Å². The number of hydrogen-bond donors (Lipinski definition) is 3. The highest BCUT2D eigenvalue weighted by atomic mass is 16.2. The molecule has 2 aliphatic rings. The normalized spacial score (nSPS) is 18.4. The van der Waals surface area contributed by atoms with Gasteiger partial charge in [0.15, 0.2) is 0 Å². The van der Waals surface area contributed by atoms with Gasteiger partial charge in [0, 0.05) is 30.8 Å². The van der Waals surface area contributed by atoms with Crippen LogP contribution in [0.25, 0.3) is 6.08 Å². The summed E-state index contributed by atoms with van der Waals surface area (Å²) in [6, 6.07) is 11.0. The Morgan fingerprint density at radius 1 is 1.06 bits per heavy atom. The standard InChI is InChI=1S/C24H27N5O3/c25-23(31)18-2-1-13-29(15-18)21-11-10-20(14-26-21)27-22(30)12-5-16-3-6-17(7-4-16)24(32)28-19-8-9-19/h3-7,10-12,14,18-19H,1-2,8-9,13,15H2,(H2,25,31)(H,27,30)(H,28,32)/b12-5+. The zero-order valence-corrected chi connectivity index (χ0v) is 17.8. The molecule has 1 saturated heterocycles. The Kier molecular flexibility index (Phi) is 6.49. The average Bonchev–Trinajstić information content (AvgIpc) is 3.62. The van der Waals surface area contributed by atoms with Crippen molar-refractivity contribution in [3.8, 4) is 0 Å². The van der Waals surface area contributed by atoms with Gasteiger partial charge < -0.3 is 21.3 Å². The van der Waals surface area contributed by atoms with Crippen LogP contribution in [0.5, 0.6) is 0 Å². The Hall–Kier alpha value is -3.68. The molecule has 1 saturated carbocycles. The van der Waals surface area contributed by atoms with Gasteiger partial charge in [-0.1, -0.05) is 12.1 Å². The molecule has 4 N–H and O–H groups in total. The molecule has 0 radical (unpaired) electrons. The number of primary amides is 1. The lowest BCUT2D eigenvalue weighted by molar-refractivity contribution is -0.122. The van der Waals surface area contributed by atoms with Crippen molar-refractivity contribution in [3.05, 3.63) is 59.8 Å². The van der Waals surface area contributed by atoms with E-state index in [9.17, 15) is 14.4 Å². The van der Waals surface area contributed by atoms with Crippen molar-refractivity contribution in [3.63, 3.8) is 0 Å². The number of piperidine rings is 1. The first-order chi connectivity index (χ1) is 15.5. The lowest BCUT2D eigenvalue weighted by Gasteiger charge is -2.32. The van der Waals surface area contributed by atoms with Crippen molar-refractivity contribution < 1.29 is 14.4 Å². The fraction of sp³-hybridized carbons (Fsp3) is 0.333. The van der Waals surface area contributed by atoms with E-state index in [1.807, 2.05) is 11.0 Å². The summed E-state index contributed by atoms with van der Waals surface area (Å²) in [6.45, 7) is 1.39. The van der Waals surface area contributed by atoms with Gasteiger partial charge in [-0.25, -0.2) is 4.98 Å². The summed E-state index contributed by atoms with van der Waals surface area (Å²) in [4.78, 5) is 42.2. The zero-order chi connectivity index (χ0) is 22.5. The molecule has 2 aromatic rings. The molecule has 1 aromatic carbocycles. The van der Waals surface area contributed by atoms with Crippen molar-refractivity contribution in [1.29, 1.82) is 0 Å². The summed E-state index contributed by atoms with van der Waals surface area (Å²) in [5, 5.41) is 5.73. The van der Waals surface area contributed by atoms with Crippen LogP contribution in [0.2, 0.25) is 0 Å². The van der Waals surface area contributed by atoms with Gasteiger partial charge in [0.05, 0.1) is 17.8 Å². The van der Waals surface area contributed by atoms with Crippen LogP contribution in [0.15, 0.2) is 48.7 Å². The Balaban J connectivity index is 1.29. The predicted molar refractivity (Wildman–Crippen MR) is 123 cm³/mol. The van der Waals surface area contributed by atoms with Crippen molar-refractivity contribution >= 4 is 35.3 Å². The summed E-state index contributed by atoms with van der Waals surface area (Å²) < 4.78 is 0. The van der Waals surface area contributed by atoms with Crippen LogP contribution in [0.3, 0.4) is 0 Å². The number of pyridine rings is 1. The molecule has 1 atom stereocenters. The topological polar surface area (TPSA) is 117 Å². The molecule has 8 heteroatoms. The molecule has 0 bridgehead atoms. The summed E-state index contributed by atoms with van der Waals surface area (Å²) in [5.74, 6) is -0.0122. The van der Waals surface area contributed by atoms with Gasteiger partial charge in [0.2, 0.25) is 11.8 Å². The first-order valence-corrected chi connectivity index (χ1v) is 10.9. The van der Waals surface area contributed by atoms with E-state index in [2.05, 4.69) is 15.6 Å².